The lowest BCUT2D eigenvalue weighted by atomic mass is 10.0. The van der Waals surface area contributed by atoms with Gasteiger partial charge in [-0.05, 0) is 46.6 Å². The molecule has 6 heteroatoms. The van der Waals surface area contributed by atoms with Crippen molar-refractivity contribution in [2.24, 2.45) is 11.7 Å². The lowest BCUT2D eigenvalue weighted by Crippen LogP contribution is -2.32. The molecule has 3 nitrogen and oxygen atoms in total. The average Bonchev–Trinajstić information content (AvgIpc) is 2.84. The lowest BCUT2D eigenvalue weighted by Gasteiger charge is -2.17. The van der Waals surface area contributed by atoms with Gasteiger partial charge in [-0.1, -0.05) is 0 Å². The predicted octanol–water partition coefficient (Wildman–Crippen LogP) is 2.74. The van der Waals surface area contributed by atoms with Crippen LogP contribution < -0.4 is 5.73 Å². The fourth-order valence-electron chi connectivity index (χ4n) is 1.99. The number of halogens is 2. The van der Waals surface area contributed by atoms with Crippen molar-refractivity contribution in [1.82, 2.24) is 4.90 Å². The van der Waals surface area contributed by atoms with Gasteiger partial charge in [-0.2, -0.15) is 0 Å². The van der Waals surface area contributed by atoms with Gasteiger partial charge in [-0.25, -0.2) is 0 Å². The van der Waals surface area contributed by atoms with Gasteiger partial charge in [0.1, 0.15) is 4.88 Å². The summed E-state index contributed by atoms with van der Waals surface area (Å²) < 4.78 is 0.895. The Bertz CT molecular complexity index is 397. The van der Waals surface area contributed by atoms with Crippen LogP contribution in [0.1, 0.15) is 23.0 Å². The highest BCUT2D eigenvalue weighted by Crippen LogP contribution is 2.27. The summed E-state index contributed by atoms with van der Waals surface area (Å²) in [6.45, 7) is 3.63. The Hall–Kier alpha value is -0.100. The molecule has 2 rings (SSSR count). The first kappa shape index (κ1) is 15.0. The van der Waals surface area contributed by atoms with E-state index in [2.05, 4.69) is 15.9 Å². The second-order valence-electron chi connectivity index (χ2n) is 4.26. The second kappa shape index (κ2) is 6.18. The van der Waals surface area contributed by atoms with Crippen molar-refractivity contribution in [3.05, 3.63) is 20.8 Å². The van der Waals surface area contributed by atoms with Gasteiger partial charge in [0.15, 0.2) is 0 Å². The fourth-order valence-corrected chi connectivity index (χ4v) is 3.50. The molecule has 0 aromatic carbocycles. The number of likely N-dealkylation sites (tertiary alicyclic amines) is 1. The Morgan fingerprint density at radius 1 is 1.71 bits per heavy atom. The van der Waals surface area contributed by atoms with Crippen LogP contribution in [0.4, 0.5) is 0 Å². The maximum Gasteiger partial charge on any atom is 0.265 e. The molecule has 2 N–H and O–H groups in total. The zero-order valence-corrected chi connectivity index (χ0v) is 12.8. The third-order valence-electron chi connectivity index (χ3n) is 3.07. The number of carbonyl (C=O) groups is 1. The van der Waals surface area contributed by atoms with E-state index in [4.69, 9.17) is 5.73 Å². The van der Waals surface area contributed by atoms with Crippen LogP contribution >= 0.6 is 39.7 Å². The van der Waals surface area contributed by atoms with Crippen LogP contribution in [-0.2, 0) is 0 Å². The van der Waals surface area contributed by atoms with Crippen molar-refractivity contribution in [1.29, 1.82) is 0 Å². The number of carbonyl (C=O) groups excluding carboxylic acids is 1. The topological polar surface area (TPSA) is 46.3 Å². The number of rotatable bonds is 2. The Kier molecular flexibility index (Phi) is 5.44. The highest BCUT2D eigenvalue weighted by atomic mass is 79.9. The molecule has 1 aromatic rings. The summed E-state index contributed by atoms with van der Waals surface area (Å²) in [7, 11) is 0. The maximum atomic E-state index is 12.2. The minimum Gasteiger partial charge on any atom is -0.338 e. The molecule has 2 atom stereocenters. The molecule has 1 aliphatic heterocycles. The zero-order valence-electron chi connectivity index (χ0n) is 9.56. The van der Waals surface area contributed by atoms with Crippen LogP contribution in [0.25, 0.3) is 0 Å². The first-order valence-electron chi connectivity index (χ1n) is 5.37. The van der Waals surface area contributed by atoms with E-state index in [-0.39, 0.29) is 24.4 Å². The lowest BCUT2D eigenvalue weighted by molar-refractivity contribution is 0.0790. The van der Waals surface area contributed by atoms with E-state index >= 15 is 0 Å². The van der Waals surface area contributed by atoms with Gasteiger partial charge in [-0.15, -0.1) is 23.7 Å². The van der Waals surface area contributed by atoms with Crippen LogP contribution in [0.5, 0.6) is 0 Å². The van der Waals surface area contributed by atoms with E-state index in [1.165, 1.54) is 11.3 Å². The van der Waals surface area contributed by atoms with Crippen LogP contribution in [0.2, 0.25) is 0 Å². The summed E-state index contributed by atoms with van der Waals surface area (Å²) in [5.41, 5.74) is 5.86. The standard InChI is InChI=1S/C11H15BrN2OS.ClH/c1-7(13)8-2-4-14(6-8)11(15)10-9(12)3-5-16-10;/h3,5,7-8H,2,4,6,13H2,1H3;1H. The van der Waals surface area contributed by atoms with Gasteiger partial charge in [-0.3, -0.25) is 4.79 Å². The molecule has 0 aliphatic carbocycles. The Labute approximate surface area is 120 Å². The van der Waals surface area contributed by atoms with Gasteiger partial charge >= 0.3 is 0 Å². The summed E-state index contributed by atoms with van der Waals surface area (Å²) in [5.74, 6) is 0.577. The number of hydrogen-bond acceptors (Lipinski definition) is 3. The van der Waals surface area contributed by atoms with Gasteiger partial charge in [0, 0.05) is 23.6 Å². The smallest absolute Gasteiger partial charge is 0.265 e. The van der Waals surface area contributed by atoms with E-state index in [0.29, 0.717) is 5.92 Å². The summed E-state index contributed by atoms with van der Waals surface area (Å²) in [5, 5.41) is 1.93. The molecule has 1 saturated heterocycles. The summed E-state index contributed by atoms with van der Waals surface area (Å²) in [6, 6.07) is 2.08. The molecule has 17 heavy (non-hydrogen) atoms. The molecule has 0 bridgehead atoms. The van der Waals surface area contributed by atoms with E-state index in [1.807, 2.05) is 23.3 Å². The quantitative estimate of drug-likeness (QED) is 0.900. The average molecular weight is 340 g/mol. The molecule has 2 heterocycles. The first-order chi connectivity index (χ1) is 7.59. The molecule has 96 valence electrons. The number of amides is 1. The summed E-state index contributed by atoms with van der Waals surface area (Å²) in [4.78, 5) is 14.9. The summed E-state index contributed by atoms with van der Waals surface area (Å²) >= 11 is 4.88. The van der Waals surface area contributed by atoms with Crippen molar-refractivity contribution in [2.75, 3.05) is 13.1 Å². The van der Waals surface area contributed by atoms with Crippen LogP contribution in [-0.4, -0.2) is 29.9 Å². The van der Waals surface area contributed by atoms with E-state index in [0.717, 1.165) is 28.9 Å². The molecule has 1 aliphatic rings. The normalized spacial score (nSPS) is 21.1. The van der Waals surface area contributed by atoms with Gasteiger partial charge in [0.05, 0.1) is 0 Å². The van der Waals surface area contributed by atoms with Crippen molar-refractivity contribution in [3.63, 3.8) is 0 Å². The van der Waals surface area contributed by atoms with Crippen molar-refractivity contribution in [2.45, 2.75) is 19.4 Å². The fraction of sp³-hybridized carbons (Fsp3) is 0.545. The highest BCUT2D eigenvalue weighted by Gasteiger charge is 2.30. The Morgan fingerprint density at radius 3 is 2.88 bits per heavy atom. The number of thiophene rings is 1. The second-order valence-corrected chi connectivity index (χ2v) is 6.03. The van der Waals surface area contributed by atoms with Crippen molar-refractivity contribution < 1.29 is 4.79 Å². The summed E-state index contributed by atoms with van der Waals surface area (Å²) in [6.07, 6.45) is 1.02. The molecule has 0 radical (unpaired) electrons. The van der Waals surface area contributed by atoms with E-state index in [9.17, 15) is 4.79 Å². The highest BCUT2D eigenvalue weighted by molar-refractivity contribution is 9.10. The van der Waals surface area contributed by atoms with E-state index in [1.54, 1.807) is 0 Å². The number of hydrogen-bond donors (Lipinski definition) is 1. The Morgan fingerprint density at radius 2 is 2.41 bits per heavy atom. The number of nitrogens with two attached hydrogens (primary N) is 1. The third kappa shape index (κ3) is 3.22. The van der Waals surface area contributed by atoms with Crippen LogP contribution in [0, 0.1) is 5.92 Å². The minimum atomic E-state index is 0. The minimum absolute atomic E-state index is 0. The van der Waals surface area contributed by atoms with Crippen LogP contribution in [0.15, 0.2) is 15.9 Å². The molecule has 1 amide bonds. The predicted molar refractivity (Wildman–Crippen MR) is 76.9 cm³/mol. The van der Waals surface area contributed by atoms with Crippen LogP contribution in [0.3, 0.4) is 0 Å². The van der Waals surface area contributed by atoms with Gasteiger partial charge < -0.3 is 10.6 Å². The molecule has 1 aromatic heterocycles. The largest absolute Gasteiger partial charge is 0.338 e. The van der Waals surface area contributed by atoms with Crippen molar-refractivity contribution in [3.8, 4) is 0 Å². The third-order valence-corrected chi connectivity index (χ3v) is 4.89. The molecule has 0 saturated carbocycles. The molecule has 0 spiro atoms. The zero-order chi connectivity index (χ0) is 11.7. The van der Waals surface area contributed by atoms with Gasteiger partial charge in [0.2, 0.25) is 0 Å². The Balaban J connectivity index is 0.00000144. The molecular formula is C11H16BrClN2OS. The van der Waals surface area contributed by atoms with Gasteiger partial charge in [0.25, 0.3) is 5.91 Å². The molecule has 2 unspecified atom stereocenters. The SMILES string of the molecule is CC(N)C1CCN(C(=O)c2sccc2Br)C1.Cl. The van der Waals surface area contributed by atoms with E-state index < -0.39 is 0 Å². The monoisotopic (exact) mass is 338 g/mol. The maximum absolute atomic E-state index is 12.2. The van der Waals surface area contributed by atoms with Crippen molar-refractivity contribution >= 4 is 45.6 Å². The number of nitrogens with zero attached hydrogens (tertiary/aromatic N) is 1. The first-order valence-corrected chi connectivity index (χ1v) is 7.04. The molecule has 1 fully saturated rings. The molecular weight excluding hydrogens is 324 g/mol.